The van der Waals surface area contributed by atoms with E-state index in [1.54, 1.807) is 11.8 Å². The monoisotopic (exact) mass is 179 g/mol. The van der Waals surface area contributed by atoms with Crippen molar-refractivity contribution >= 4 is 23.4 Å². The summed E-state index contributed by atoms with van der Waals surface area (Å²) in [6.45, 7) is 1.91. The molecule has 1 heterocycles. The average molecular weight is 179 g/mol. The molecule has 3 heteroatoms. The van der Waals surface area contributed by atoms with Crippen molar-refractivity contribution in [1.29, 1.82) is 0 Å². The highest BCUT2D eigenvalue weighted by Crippen LogP contribution is 2.34. The highest BCUT2D eigenvalue weighted by atomic mass is 32.2. The molecule has 0 aromatic heterocycles. The van der Waals surface area contributed by atoms with Crippen LogP contribution in [0.25, 0.3) is 0 Å². The molecule has 0 saturated heterocycles. The smallest absolute Gasteiger partial charge is 0.237 e. The zero-order valence-electron chi connectivity index (χ0n) is 6.70. The fourth-order valence-electron chi connectivity index (χ4n) is 1.15. The number of nitrogens with one attached hydrogen (secondary N) is 1. The maximum Gasteiger partial charge on any atom is 0.237 e. The van der Waals surface area contributed by atoms with E-state index in [9.17, 15) is 4.79 Å². The maximum atomic E-state index is 11.2. The molecule has 0 bridgehead atoms. The summed E-state index contributed by atoms with van der Waals surface area (Å²) in [5.41, 5.74) is 0.936. The normalized spacial score (nSPS) is 21.4. The lowest BCUT2D eigenvalue weighted by Crippen LogP contribution is -2.26. The zero-order valence-corrected chi connectivity index (χ0v) is 7.52. The Hall–Kier alpha value is -0.960. The van der Waals surface area contributed by atoms with Gasteiger partial charge in [-0.25, -0.2) is 0 Å². The van der Waals surface area contributed by atoms with Gasteiger partial charge in [-0.2, -0.15) is 0 Å². The largest absolute Gasteiger partial charge is 0.324 e. The number of rotatable bonds is 0. The second-order valence-electron chi connectivity index (χ2n) is 2.75. The second-order valence-corrected chi connectivity index (χ2v) is 4.13. The lowest BCUT2D eigenvalue weighted by atomic mass is 10.3. The first-order chi connectivity index (χ1) is 5.77. The van der Waals surface area contributed by atoms with Gasteiger partial charge in [0.2, 0.25) is 5.91 Å². The fourth-order valence-corrected chi connectivity index (χ4v) is 2.10. The molecule has 1 N–H and O–H groups in total. The lowest BCUT2D eigenvalue weighted by Gasteiger charge is -2.20. The van der Waals surface area contributed by atoms with Crippen LogP contribution in [0.5, 0.6) is 0 Å². The highest BCUT2D eigenvalue weighted by molar-refractivity contribution is 8.00. The van der Waals surface area contributed by atoms with E-state index in [2.05, 4.69) is 5.32 Å². The van der Waals surface area contributed by atoms with Gasteiger partial charge in [0.25, 0.3) is 0 Å². The Bertz CT molecular complexity index is 324. The third kappa shape index (κ3) is 1.20. The molecule has 1 unspecified atom stereocenters. The quantitative estimate of drug-likeness (QED) is 0.661. The van der Waals surface area contributed by atoms with E-state index in [4.69, 9.17) is 0 Å². The number of carbonyl (C=O) groups excluding carboxylic acids is 1. The summed E-state index contributed by atoms with van der Waals surface area (Å²) in [5.74, 6) is 0.0960. The van der Waals surface area contributed by atoms with Gasteiger partial charge >= 0.3 is 0 Å². The van der Waals surface area contributed by atoms with Gasteiger partial charge in [-0.05, 0) is 19.1 Å². The SMILES string of the molecule is CC1Sc2ccccc2NC1=O. The summed E-state index contributed by atoms with van der Waals surface area (Å²) < 4.78 is 0. The van der Waals surface area contributed by atoms with E-state index < -0.39 is 0 Å². The lowest BCUT2D eigenvalue weighted by molar-refractivity contribution is -0.115. The Morgan fingerprint density at radius 1 is 1.42 bits per heavy atom. The third-order valence-corrected chi connectivity index (χ3v) is 3.00. The van der Waals surface area contributed by atoms with Gasteiger partial charge in [0.1, 0.15) is 0 Å². The van der Waals surface area contributed by atoms with Crippen LogP contribution in [0.1, 0.15) is 6.92 Å². The molecule has 0 spiro atoms. The summed E-state index contributed by atoms with van der Waals surface area (Å²) in [6, 6.07) is 7.85. The van der Waals surface area contributed by atoms with Crippen LogP contribution in [0.3, 0.4) is 0 Å². The van der Waals surface area contributed by atoms with Crippen LogP contribution in [0.2, 0.25) is 0 Å². The minimum Gasteiger partial charge on any atom is -0.324 e. The summed E-state index contributed by atoms with van der Waals surface area (Å²) >= 11 is 1.61. The molecular weight excluding hydrogens is 170 g/mol. The van der Waals surface area contributed by atoms with E-state index in [1.807, 2.05) is 31.2 Å². The first-order valence-electron chi connectivity index (χ1n) is 3.84. The van der Waals surface area contributed by atoms with Gasteiger partial charge in [-0.15, -0.1) is 11.8 Å². The van der Waals surface area contributed by atoms with Crippen molar-refractivity contribution in [2.45, 2.75) is 17.1 Å². The topological polar surface area (TPSA) is 29.1 Å². The van der Waals surface area contributed by atoms with E-state index >= 15 is 0 Å². The average Bonchev–Trinajstić information content (AvgIpc) is 2.07. The molecular formula is C9H9NOS. The number of carbonyl (C=O) groups is 1. The van der Waals surface area contributed by atoms with E-state index in [1.165, 1.54) is 0 Å². The molecule has 1 aromatic rings. The Morgan fingerprint density at radius 3 is 3.00 bits per heavy atom. The van der Waals surface area contributed by atoms with Crippen LogP contribution in [-0.4, -0.2) is 11.2 Å². The molecule has 0 fully saturated rings. The van der Waals surface area contributed by atoms with Crippen molar-refractivity contribution in [3.63, 3.8) is 0 Å². The van der Waals surface area contributed by atoms with Crippen molar-refractivity contribution < 1.29 is 4.79 Å². The van der Waals surface area contributed by atoms with Crippen molar-refractivity contribution in [2.75, 3.05) is 5.32 Å². The number of hydrogen-bond donors (Lipinski definition) is 1. The number of fused-ring (bicyclic) bond motifs is 1. The highest BCUT2D eigenvalue weighted by Gasteiger charge is 2.21. The molecule has 62 valence electrons. The van der Waals surface area contributed by atoms with Crippen LogP contribution >= 0.6 is 11.8 Å². The van der Waals surface area contributed by atoms with Crippen molar-refractivity contribution in [1.82, 2.24) is 0 Å². The first kappa shape index (κ1) is 7.68. The molecule has 1 amide bonds. The van der Waals surface area contributed by atoms with E-state index in [-0.39, 0.29) is 11.2 Å². The molecule has 1 aromatic carbocycles. The Labute approximate surface area is 75.4 Å². The molecule has 12 heavy (non-hydrogen) atoms. The molecule has 1 aliphatic heterocycles. The van der Waals surface area contributed by atoms with Gasteiger partial charge in [0.15, 0.2) is 0 Å². The molecule has 0 saturated carbocycles. The van der Waals surface area contributed by atoms with Gasteiger partial charge in [-0.1, -0.05) is 12.1 Å². The Balaban J connectivity index is 2.40. The third-order valence-electron chi connectivity index (χ3n) is 1.82. The van der Waals surface area contributed by atoms with E-state index in [0.717, 1.165) is 10.6 Å². The summed E-state index contributed by atoms with van der Waals surface area (Å²) in [6.07, 6.45) is 0. The molecule has 2 nitrogen and oxygen atoms in total. The summed E-state index contributed by atoms with van der Waals surface area (Å²) in [4.78, 5) is 12.4. The predicted molar refractivity (Wildman–Crippen MR) is 50.4 cm³/mol. The van der Waals surface area contributed by atoms with Gasteiger partial charge in [-0.3, -0.25) is 4.79 Å². The van der Waals surface area contributed by atoms with Crippen LogP contribution in [-0.2, 0) is 4.79 Å². The van der Waals surface area contributed by atoms with Crippen LogP contribution in [0.15, 0.2) is 29.2 Å². The molecule has 0 radical (unpaired) electrons. The van der Waals surface area contributed by atoms with E-state index in [0.29, 0.717) is 0 Å². The Kier molecular flexibility index (Phi) is 1.81. The molecule has 1 atom stereocenters. The minimum atomic E-state index is 0.0277. The summed E-state index contributed by atoms with van der Waals surface area (Å²) in [7, 11) is 0. The number of hydrogen-bond acceptors (Lipinski definition) is 2. The van der Waals surface area contributed by atoms with Crippen molar-refractivity contribution in [3.8, 4) is 0 Å². The van der Waals surface area contributed by atoms with Crippen LogP contribution < -0.4 is 5.32 Å². The van der Waals surface area contributed by atoms with Crippen molar-refractivity contribution in [3.05, 3.63) is 24.3 Å². The molecule has 1 aliphatic rings. The molecule has 0 aliphatic carbocycles. The van der Waals surface area contributed by atoms with Crippen molar-refractivity contribution in [2.24, 2.45) is 0 Å². The van der Waals surface area contributed by atoms with Gasteiger partial charge in [0, 0.05) is 4.90 Å². The minimum absolute atomic E-state index is 0.0277. The number of thioether (sulfide) groups is 1. The maximum absolute atomic E-state index is 11.2. The van der Waals surface area contributed by atoms with Crippen LogP contribution in [0, 0.1) is 0 Å². The van der Waals surface area contributed by atoms with Gasteiger partial charge in [0.05, 0.1) is 10.9 Å². The fraction of sp³-hybridized carbons (Fsp3) is 0.222. The number of amides is 1. The zero-order chi connectivity index (χ0) is 8.55. The van der Waals surface area contributed by atoms with Crippen LogP contribution in [0.4, 0.5) is 5.69 Å². The standard InChI is InChI=1S/C9H9NOS/c1-6-9(11)10-7-4-2-3-5-8(7)12-6/h2-6H,1H3,(H,10,11). The Morgan fingerprint density at radius 2 is 2.17 bits per heavy atom. The van der Waals surface area contributed by atoms with Gasteiger partial charge < -0.3 is 5.32 Å². The number of benzene rings is 1. The first-order valence-corrected chi connectivity index (χ1v) is 4.72. The predicted octanol–water partition coefficient (Wildman–Crippen LogP) is 2.12. The number of para-hydroxylation sites is 1. The summed E-state index contributed by atoms with van der Waals surface area (Å²) in [5, 5.41) is 2.88. The number of anilines is 1. The molecule has 2 rings (SSSR count). The second kappa shape index (κ2) is 2.83.